The second kappa shape index (κ2) is 4.96. The zero-order chi connectivity index (χ0) is 10.7. The molecule has 1 aliphatic rings. The van der Waals surface area contributed by atoms with E-state index in [9.17, 15) is 4.39 Å². The van der Waals surface area contributed by atoms with Crippen LogP contribution in [0.25, 0.3) is 0 Å². The van der Waals surface area contributed by atoms with Gasteiger partial charge in [0.2, 0.25) is 0 Å². The van der Waals surface area contributed by atoms with Crippen molar-refractivity contribution >= 4 is 11.8 Å². The molecule has 1 aliphatic heterocycles. The van der Waals surface area contributed by atoms with Crippen molar-refractivity contribution < 1.29 is 9.13 Å². The fourth-order valence-corrected chi connectivity index (χ4v) is 2.11. The van der Waals surface area contributed by atoms with Crippen LogP contribution in [0.2, 0.25) is 0 Å². The first kappa shape index (κ1) is 10.9. The lowest BCUT2D eigenvalue weighted by Crippen LogP contribution is -2.33. The Hall–Kier alpha value is -0.580. The number of ether oxygens (including phenoxy) is 1. The Morgan fingerprint density at radius 1 is 1.53 bits per heavy atom. The van der Waals surface area contributed by atoms with Gasteiger partial charge in [-0.25, -0.2) is 4.39 Å². The highest BCUT2D eigenvalue weighted by molar-refractivity contribution is 7.98. The highest BCUT2D eigenvalue weighted by Crippen LogP contribution is 2.26. The van der Waals surface area contributed by atoms with E-state index in [2.05, 4.69) is 5.32 Å². The minimum atomic E-state index is -0.179. The number of morpholine rings is 1. The normalized spacial score (nSPS) is 21.6. The molecule has 1 aromatic carbocycles. The minimum absolute atomic E-state index is 0.147. The molecule has 0 aliphatic carbocycles. The SMILES string of the molecule is CSc1ccc(F)c(C2CNCCO2)c1. The second-order valence-electron chi connectivity index (χ2n) is 3.45. The van der Waals surface area contributed by atoms with Gasteiger partial charge in [0.1, 0.15) is 5.82 Å². The Balaban J connectivity index is 2.24. The summed E-state index contributed by atoms with van der Waals surface area (Å²) in [4.78, 5) is 1.07. The highest BCUT2D eigenvalue weighted by atomic mass is 32.2. The maximum absolute atomic E-state index is 13.6. The number of rotatable bonds is 2. The molecule has 2 rings (SSSR count). The summed E-state index contributed by atoms with van der Waals surface area (Å²) in [6.07, 6.45) is 1.84. The van der Waals surface area contributed by atoms with Gasteiger partial charge in [0.15, 0.2) is 0 Å². The summed E-state index contributed by atoms with van der Waals surface area (Å²) >= 11 is 1.61. The van der Waals surface area contributed by atoms with E-state index in [-0.39, 0.29) is 11.9 Å². The van der Waals surface area contributed by atoms with Crippen molar-refractivity contribution in [1.82, 2.24) is 5.32 Å². The summed E-state index contributed by atoms with van der Waals surface area (Å²) in [5, 5.41) is 3.20. The lowest BCUT2D eigenvalue weighted by Gasteiger charge is -2.24. The van der Waals surface area contributed by atoms with Crippen molar-refractivity contribution in [1.29, 1.82) is 0 Å². The second-order valence-corrected chi connectivity index (χ2v) is 4.33. The Kier molecular flexibility index (Phi) is 3.61. The lowest BCUT2D eigenvalue weighted by molar-refractivity contribution is 0.0254. The Labute approximate surface area is 93.2 Å². The van der Waals surface area contributed by atoms with Crippen LogP contribution in [0.3, 0.4) is 0 Å². The molecule has 1 atom stereocenters. The van der Waals surface area contributed by atoms with Crippen molar-refractivity contribution in [3.05, 3.63) is 29.6 Å². The van der Waals surface area contributed by atoms with Crippen molar-refractivity contribution in [3.8, 4) is 0 Å². The molecule has 0 amide bonds. The average molecular weight is 227 g/mol. The Morgan fingerprint density at radius 3 is 3.07 bits per heavy atom. The van der Waals surface area contributed by atoms with Gasteiger partial charge in [-0.1, -0.05) is 0 Å². The number of hydrogen-bond donors (Lipinski definition) is 1. The first-order valence-corrected chi connectivity index (χ1v) is 6.19. The molecule has 1 saturated heterocycles. The quantitative estimate of drug-likeness (QED) is 0.783. The van der Waals surface area contributed by atoms with E-state index >= 15 is 0 Å². The number of nitrogens with one attached hydrogen (secondary N) is 1. The van der Waals surface area contributed by atoms with Crippen LogP contribution in [0.5, 0.6) is 0 Å². The van der Waals surface area contributed by atoms with E-state index < -0.39 is 0 Å². The fraction of sp³-hybridized carbons (Fsp3) is 0.455. The van der Waals surface area contributed by atoms with Crippen molar-refractivity contribution in [2.24, 2.45) is 0 Å². The van der Waals surface area contributed by atoms with Crippen molar-refractivity contribution in [3.63, 3.8) is 0 Å². The van der Waals surface area contributed by atoms with E-state index in [0.717, 1.165) is 11.4 Å². The van der Waals surface area contributed by atoms with E-state index in [4.69, 9.17) is 4.74 Å². The van der Waals surface area contributed by atoms with Crippen LogP contribution in [-0.4, -0.2) is 26.0 Å². The summed E-state index contributed by atoms with van der Waals surface area (Å²) in [5.41, 5.74) is 0.661. The molecule has 82 valence electrons. The summed E-state index contributed by atoms with van der Waals surface area (Å²) in [6, 6.07) is 5.18. The molecule has 2 nitrogen and oxygen atoms in total. The third-order valence-electron chi connectivity index (χ3n) is 2.48. The molecule has 1 aromatic rings. The zero-order valence-electron chi connectivity index (χ0n) is 8.63. The molecule has 1 fully saturated rings. The number of thioether (sulfide) groups is 1. The zero-order valence-corrected chi connectivity index (χ0v) is 9.44. The van der Waals surface area contributed by atoms with Gasteiger partial charge in [0.25, 0.3) is 0 Å². The molecular formula is C11H14FNOS. The predicted molar refractivity (Wildman–Crippen MR) is 59.7 cm³/mol. The number of halogens is 1. The van der Waals surface area contributed by atoms with Crippen molar-refractivity contribution in [2.75, 3.05) is 26.0 Å². The molecule has 0 saturated carbocycles. The third kappa shape index (κ3) is 2.51. The average Bonchev–Trinajstić information content (AvgIpc) is 2.31. The van der Waals surface area contributed by atoms with Crippen LogP contribution < -0.4 is 5.32 Å². The van der Waals surface area contributed by atoms with Gasteiger partial charge in [-0.05, 0) is 24.5 Å². The standard InChI is InChI=1S/C11H14FNOS/c1-15-8-2-3-10(12)9(6-8)11-7-13-4-5-14-11/h2-3,6,11,13H,4-5,7H2,1H3. The molecule has 0 aromatic heterocycles. The van der Waals surface area contributed by atoms with Gasteiger partial charge in [0, 0.05) is 23.5 Å². The molecule has 1 N–H and O–H groups in total. The molecular weight excluding hydrogens is 213 g/mol. The topological polar surface area (TPSA) is 21.3 Å². The number of hydrogen-bond acceptors (Lipinski definition) is 3. The molecule has 4 heteroatoms. The molecule has 0 radical (unpaired) electrons. The number of benzene rings is 1. The summed E-state index contributed by atoms with van der Waals surface area (Å²) in [7, 11) is 0. The van der Waals surface area contributed by atoms with E-state index in [1.165, 1.54) is 6.07 Å². The first-order valence-electron chi connectivity index (χ1n) is 4.97. The third-order valence-corrected chi connectivity index (χ3v) is 3.20. The van der Waals surface area contributed by atoms with Crippen LogP contribution in [0.1, 0.15) is 11.7 Å². The molecule has 0 spiro atoms. The largest absolute Gasteiger partial charge is 0.371 e. The fourth-order valence-electron chi connectivity index (χ4n) is 1.66. The van der Waals surface area contributed by atoms with E-state index in [0.29, 0.717) is 18.7 Å². The van der Waals surface area contributed by atoms with Crippen LogP contribution in [0, 0.1) is 5.82 Å². The van der Waals surface area contributed by atoms with Crippen molar-refractivity contribution in [2.45, 2.75) is 11.0 Å². The van der Waals surface area contributed by atoms with Gasteiger partial charge in [0.05, 0.1) is 12.7 Å². The Bertz CT molecular complexity index is 339. The maximum atomic E-state index is 13.6. The predicted octanol–water partition coefficient (Wildman–Crippen LogP) is 2.21. The Morgan fingerprint density at radius 2 is 2.40 bits per heavy atom. The minimum Gasteiger partial charge on any atom is -0.371 e. The summed E-state index contributed by atoms with van der Waals surface area (Å²) in [6.45, 7) is 2.18. The van der Waals surface area contributed by atoms with E-state index in [1.807, 2.05) is 12.3 Å². The van der Waals surface area contributed by atoms with Crippen LogP contribution in [0.4, 0.5) is 4.39 Å². The van der Waals surface area contributed by atoms with Crippen LogP contribution >= 0.6 is 11.8 Å². The van der Waals surface area contributed by atoms with Gasteiger partial charge in [-0.15, -0.1) is 11.8 Å². The summed E-state index contributed by atoms with van der Waals surface area (Å²) in [5.74, 6) is -0.179. The smallest absolute Gasteiger partial charge is 0.129 e. The monoisotopic (exact) mass is 227 g/mol. The summed E-state index contributed by atoms with van der Waals surface area (Å²) < 4.78 is 19.1. The lowest BCUT2D eigenvalue weighted by atomic mass is 10.1. The molecule has 1 heterocycles. The van der Waals surface area contributed by atoms with Crippen LogP contribution in [0.15, 0.2) is 23.1 Å². The highest BCUT2D eigenvalue weighted by Gasteiger charge is 2.19. The van der Waals surface area contributed by atoms with E-state index in [1.54, 1.807) is 17.8 Å². The molecule has 0 bridgehead atoms. The molecule has 15 heavy (non-hydrogen) atoms. The van der Waals surface area contributed by atoms with Gasteiger partial charge < -0.3 is 10.1 Å². The first-order chi connectivity index (χ1) is 7.31. The van der Waals surface area contributed by atoms with Gasteiger partial charge >= 0.3 is 0 Å². The van der Waals surface area contributed by atoms with Gasteiger partial charge in [-0.3, -0.25) is 0 Å². The maximum Gasteiger partial charge on any atom is 0.129 e. The van der Waals surface area contributed by atoms with Gasteiger partial charge in [-0.2, -0.15) is 0 Å². The molecule has 1 unspecified atom stereocenters. The van der Waals surface area contributed by atoms with Crippen LogP contribution in [-0.2, 0) is 4.74 Å².